The number of hydrogen-bond donors (Lipinski definition) is 1. The van der Waals surface area contributed by atoms with Crippen LogP contribution in [-0.4, -0.2) is 18.4 Å². The van der Waals surface area contributed by atoms with Crippen LogP contribution in [0.25, 0.3) is 11.3 Å². The van der Waals surface area contributed by atoms with E-state index in [4.69, 9.17) is 0 Å². The van der Waals surface area contributed by atoms with Gasteiger partial charge in [-0.3, -0.25) is 9.97 Å². The second kappa shape index (κ2) is 7.04. The van der Waals surface area contributed by atoms with Crippen molar-refractivity contribution in [2.45, 2.75) is 11.4 Å². The van der Waals surface area contributed by atoms with Crippen molar-refractivity contribution in [3.05, 3.63) is 78.3 Å². The molecule has 128 valence electrons. The summed E-state index contributed by atoms with van der Waals surface area (Å²) in [5.41, 5.74) is 2.14. The standard InChI is InChI=1S/C17H13F2N3O2S/c18-14-1-2-17(15(19)10-14)25(23,24)22-11-12-3-8-21-16(9-12)13-4-6-20-7-5-13/h1-10,22H,11H2. The smallest absolute Gasteiger partial charge is 0.243 e. The minimum Gasteiger partial charge on any atom is -0.265 e. The molecule has 8 heteroatoms. The van der Waals surface area contributed by atoms with Gasteiger partial charge in [0.05, 0.1) is 5.69 Å². The zero-order chi connectivity index (χ0) is 17.9. The Bertz CT molecular complexity index is 996. The van der Waals surface area contributed by atoms with Crippen LogP contribution in [0.3, 0.4) is 0 Å². The molecule has 0 fully saturated rings. The average Bonchev–Trinajstić information content (AvgIpc) is 2.61. The summed E-state index contributed by atoms with van der Waals surface area (Å²) in [4.78, 5) is 7.56. The first-order chi connectivity index (χ1) is 12.0. The van der Waals surface area contributed by atoms with Crippen LogP contribution < -0.4 is 4.72 Å². The van der Waals surface area contributed by atoms with Gasteiger partial charge in [-0.25, -0.2) is 21.9 Å². The van der Waals surface area contributed by atoms with Crippen molar-refractivity contribution in [2.24, 2.45) is 0 Å². The van der Waals surface area contributed by atoms with Crippen molar-refractivity contribution in [3.8, 4) is 11.3 Å². The molecule has 0 aliphatic carbocycles. The van der Waals surface area contributed by atoms with Crippen LogP contribution in [-0.2, 0) is 16.6 Å². The molecule has 0 aliphatic heterocycles. The van der Waals surface area contributed by atoms with Crippen LogP contribution in [0.1, 0.15) is 5.56 Å². The molecule has 1 N–H and O–H groups in total. The van der Waals surface area contributed by atoms with E-state index >= 15 is 0 Å². The lowest BCUT2D eigenvalue weighted by Gasteiger charge is -2.09. The van der Waals surface area contributed by atoms with E-state index in [9.17, 15) is 17.2 Å². The molecule has 5 nitrogen and oxygen atoms in total. The fourth-order valence-corrected chi connectivity index (χ4v) is 3.29. The molecule has 0 aliphatic rings. The highest BCUT2D eigenvalue weighted by molar-refractivity contribution is 7.89. The summed E-state index contributed by atoms with van der Waals surface area (Å²) < 4.78 is 53.3. The van der Waals surface area contributed by atoms with E-state index in [0.29, 0.717) is 17.3 Å². The van der Waals surface area contributed by atoms with E-state index in [0.717, 1.165) is 17.7 Å². The van der Waals surface area contributed by atoms with Crippen molar-refractivity contribution in [1.82, 2.24) is 14.7 Å². The first-order valence-corrected chi connectivity index (χ1v) is 8.74. The Morgan fingerprint density at radius 1 is 0.960 bits per heavy atom. The zero-order valence-corrected chi connectivity index (χ0v) is 13.7. The van der Waals surface area contributed by atoms with Gasteiger partial charge < -0.3 is 0 Å². The highest BCUT2D eigenvalue weighted by Gasteiger charge is 2.19. The monoisotopic (exact) mass is 361 g/mol. The number of rotatable bonds is 5. The van der Waals surface area contributed by atoms with Gasteiger partial charge in [0.15, 0.2) is 0 Å². The molecule has 2 heterocycles. The van der Waals surface area contributed by atoms with Gasteiger partial charge in [0, 0.05) is 36.8 Å². The second-order valence-corrected chi connectivity index (χ2v) is 6.92. The van der Waals surface area contributed by atoms with Crippen LogP contribution in [0.2, 0.25) is 0 Å². The van der Waals surface area contributed by atoms with Gasteiger partial charge in [-0.15, -0.1) is 0 Å². The molecule has 0 saturated carbocycles. The third-order valence-electron chi connectivity index (χ3n) is 3.45. The first kappa shape index (κ1) is 17.1. The molecular formula is C17H13F2N3O2S. The first-order valence-electron chi connectivity index (χ1n) is 7.26. The van der Waals surface area contributed by atoms with E-state index in [1.54, 1.807) is 42.9 Å². The third-order valence-corrected chi connectivity index (χ3v) is 4.88. The number of sulfonamides is 1. The fourth-order valence-electron chi connectivity index (χ4n) is 2.21. The Labute approximate surface area is 143 Å². The molecule has 0 atom stereocenters. The Morgan fingerprint density at radius 2 is 1.72 bits per heavy atom. The van der Waals surface area contributed by atoms with E-state index in [2.05, 4.69) is 14.7 Å². The Kier molecular flexibility index (Phi) is 4.82. The fraction of sp³-hybridized carbons (Fsp3) is 0.0588. The summed E-state index contributed by atoms with van der Waals surface area (Å²) in [6.07, 6.45) is 4.81. The van der Waals surface area contributed by atoms with E-state index < -0.39 is 26.6 Å². The van der Waals surface area contributed by atoms with Gasteiger partial charge in [-0.05, 0) is 42.0 Å². The van der Waals surface area contributed by atoms with Crippen LogP contribution in [0.4, 0.5) is 8.78 Å². The maximum atomic E-state index is 13.7. The number of hydrogen-bond acceptors (Lipinski definition) is 4. The molecule has 0 spiro atoms. The van der Waals surface area contributed by atoms with Gasteiger partial charge in [0.2, 0.25) is 10.0 Å². The quantitative estimate of drug-likeness (QED) is 0.758. The SMILES string of the molecule is O=S(=O)(NCc1ccnc(-c2ccncc2)c1)c1ccc(F)cc1F. The second-order valence-electron chi connectivity index (χ2n) is 5.18. The van der Waals surface area contributed by atoms with Crippen LogP contribution in [0.15, 0.2) is 66.0 Å². The highest BCUT2D eigenvalue weighted by atomic mass is 32.2. The minimum atomic E-state index is -4.11. The van der Waals surface area contributed by atoms with Gasteiger partial charge in [-0.2, -0.15) is 0 Å². The number of halogens is 2. The van der Waals surface area contributed by atoms with Crippen LogP contribution >= 0.6 is 0 Å². The van der Waals surface area contributed by atoms with Gasteiger partial charge >= 0.3 is 0 Å². The maximum Gasteiger partial charge on any atom is 0.243 e. The predicted octanol–water partition coefficient (Wildman–Crippen LogP) is 2.90. The van der Waals surface area contributed by atoms with Gasteiger partial charge in [-0.1, -0.05) is 0 Å². The maximum absolute atomic E-state index is 13.7. The van der Waals surface area contributed by atoms with Crippen molar-refractivity contribution < 1.29 is 17.2 Å². The molecular weight excluding hydrogens is 348 g/mol. The largest absolute Gasteiger partial charge is 0.265 e. The number of pyridine rings is 2. The summed E-state index contributed by atoms with van der Waals surface area (Å²) in [6, 6.07) is 9.25. The van der Waals surface area contributed by atoms with E-state index in [1.807, 2.05) is 0 Å². The zero-order valence-electron chi connectivity index (χ0n) is 12.9. The molecule has 0 unspecified atom stereocenters. The lowest BCUT2D eigenvalue weighted by atomic mass is 10.1. The van der Waals surface area contributed by atoms with Crippen molar-refractivity contribution in [2.75, 3.05) is 0 Å². The number of benzene rings is 1. The Hall–Kier alpha value is -2.71. The topological polar surface area (TPSA) is 72.0 Å². The predicted molar refractivity (Wildman–Crippen MR) is 87.9 cm³/mol. The van der Waals surface area contributed by atoms with Crippen molar-refractivity contribution in [3.63, 3.8) is 0 Å². The lowest BCUT2D eigenvalue weighted by Crippen LogP contribution is -2.24. The number of aromatic nitrogens is 2. The molecule has 25 heavy (non-hydrogen) atoms. The average molecular weight is 361 g/mol. The molecule has 0 saturated heterocycles. The van der Waals surface area contributed by atoms with Crippen LogP contribution in [0.5, 0.6) is 0 Å². The molecule has 0 bridgehead atoms. The summed E-state index contributed by atoms with van der Waals surface area (Å²) >= 11 is 0. The minimum absolute atomic E-state index is 0.0558. The Morgan fingerprint density at radius 3 is 2.44 bits per heavy atom. The number of nitrogens with zero attached hydrogens (tertiary/aromatic N) is 2. The number of nitrogens with one attached hydrogen (secondary N) is 1. The van der Waals surface area contributed by atoms with Gasteiger partial charge in [0.25, 0.3) is 0 Å². The summed E-state index contributed by atoms with van der Waals surface area (Å²) in [6.45, 7) is -0.0558. The summed E-state index contributed by atoms with van der Waals surface area (Å²) in [5, 5.41) is 0. The van der Waals surface area contributed by atoms with Crippen LogP contribution in [0, 0.1) is 11.6 Å². The molecule has 3 rings (SSSR count). The summed E-state index contributed by atoms with van der Waals surface area (Å²) in [7, 11) is -4.11. The molecule has 0 amide bonds. The van der Waals surface area contributed by atoms with Crippen molar-refractivity contribution >= 4 is 10.0 Å². The van der Waals surface area contributed by atoms with Crippen molar-refractivity contribution in [1.29, 1.82) is 0 Å². The highest BCUT2D eigenvalue weighted by Crippen LogP contribution is 2.18. The van der Waals surface area contributed by atoms with E-state index in [-0.39, 0.29) is 6.54 Å². The molecule has 0 radical (unpaired) electrons. The molecule has 1 aromatic carbocycles. The lowest BCUT2D eigenvalue weighted by molar-refractivity contribution is 0.543. The summed E-state index contributed by atoms with van der Waals surface area (Å²) in [5.74, 6) is -1.98. The van der Waals surface area contributed by atoms with Gasteiger partial charge in [0.1, 0.15) is 16.5 Å². The van der Waals surface area contributed by atoms with E-state index in [1.165, 1.54) is 0 Å². The third kappa shape index (κ3) is 4.04. The molecule has 2 aromatic heterocycles. The Balaban J connectivity index is 1.79. The normalized spacial score (nSPS) is 11.4. The molecule has 3 aromatic rings.